The SMILES string of the molecule is O=C(CC1(c2ccc(Cl)nc2)CC1)c1ccc(/C=C/C(c2cc(Cl)c(Cl)c(Cl)c2)C(F)(F)F)cc1C(F)(F)F. The zero-order valence-corrected chi connectivity index (χ0v) is 22.6. The van der Waals surface area contributed by atoms with Crippen LogP contribution in [0.3, 0.4) is 0 Å². The van der Waals surface area contributed by atoms with Gasteiger partial charge in [-0.3, -0.25) is 4.79 Å². The molecule has 206 valence electrons. The molecule has 3 aromatic rings. The maximum Gasteiger partial charge on any atom is 0.417 e. The van der Waals surface area contributed by atoms with Crippen molar-refractivity contribution < 1.29 is 31.1 Å². The van der Waals surface area contributed by atoms with E-state index in [1.807, 2.05) is 0 Å². The van der Waals surface area contributed by atoms with Crippen LogP contribution in [0, 0.1) is 0 Å². The van der Waals surface area contributed by atoms with E-state index >= 15 is 0 Å². The van der Waals surface area contributed by atoms with E-state index < -0.39 is 40.6 Å². The van der Waals surface area contributed by atoms with Crippen LogP contribution in [0.1, 0.15) is 57.8 Å². The highest BCUT2D eigenvalue weighted by molar-refractivity contribution is 6.48. The molecule has 39 heavy (non-hydrogen) atoms. The van der Waals surface area contributed by atoms with Gasteiger partial charge in [-0.15, -0.1) is 0 Å². The third-order valence-electron chi connectivity index (χ3n) is 6.54. The van der Waals surface area contributed by atoms with Crippen molar-refractivity contribution in [1.82, 2.24) is 4.98 Å². The van der Waals surface area contributed by atoms with Crippen LogP contribution in [0.4, 0.5) is 26.3 Å². The Labute approximate surface area is 239 Å². The van der Waals surface area contributed by atoms with Crippen molar-refractivity contribution in [2.75, 3.05) is 0 Å². The number of ketones is 1. The molecule has 0 radical (unpaired) electrons. The number of pyridine rings is 1. The minimum absolute atomic E-state index is 0.123. The first kappa shape index (κ1) is 29.7. The molecule has 1 saturated carbocycles. The molecule has 1 heterocycles. The standard InChI is InChI=1S/C27H17Cl4F6NO/c28-20-10-15(11-21(29)24(20)31)18(26(32,33)34)5-2-14-1-4-17(19(9-14)27(35,36)37)22(39)12-25(7-8-25)16-3-6-23(30)38-13-16/h1-6,9-11,13,18H,7-8,12H2/b5-2+. The van der Waals surface area contributed by atoms with E-state index in [-0.39, 0.29) is 37.8 Å². The molecule has 1 unspecified atom stereocenters. The fourth-order valence-electron chi connectivity index (χ4n) is 4.32. The van der Waals surface area contributed by atoms with Crippen LogP contribution in [0.2, 0.25) is 20.2 Å². The van der Waals surface area contributed by atoms with Gasteiger partial charge in [0.05, 0.1) is 26.5 Å². The summed E-state index contributed by atoms with van der Waals surface area (Å²) < 4.78 is 83.4. The summed E-state index contributed by atoms with van der Waals surface area (Å²) in [4.78, 5) is 17.0. The number of Topliss-reactive ketones (excluding diaryl/α,β-unsaturated/α-hetero) is 1. The quantitative estimate of drug-likeness (QED) is 0.113. The molecular formula is C27H17Cl4F6NO. The Bertz CT molecular complexity index is 1410. The highest BCUT2D eigenvalue weighted by atomic mass is 35.5. The second kappa shape index (κ2) is 11.0. The lowest BCUT2D eigenvalue weighted by atomic mass is 9.87. The third-order valence-corrected chi connectivity index (χ3v) is 7.96. The first-order valence-electron chi connectivity index (χ1n) is 11.4. The van der Waals surface area contributed by atoms with Crippen molar-refractivity contribution in [1.29, 1.82) is 0 Å². The topological polar surface area (TPSA) is 30.0 Å². The number of allylic oxidation sites excluding steroid dienone is 1. The molecule has 0 saturated heterocycles. The molecule has 0 N–H and O–H groups in total. The Balaban J connectivity index is 1.65. The number of rotatable bonds is 7. The average Bonchev–Trinajstić information content (AvgIpc) is 3.61. The largest absolute Gasteiger partial charge is 0.417 e. The Hall–Kier alpha value is -2.26. The number of nitrogens with zero attached hydrogens (tertiary/aromatic N) is 1. The van der Waals surface area contributed by atoms with Gasteiger partial charge in [-0.25, -0.2) is 4.98 Å². The fourth-order valence-corrected chi connectivity index (χ4v) is 5.05. The van der Waals surface area contributed by atoms with Gasteiger partial charge in [0.1, 0.15) is 5.15 Å². The average molecular weight is 627 g/mol. The van der Waals surface area contributed by atoms with E-state index in [2.05, 4.69) is 4.98 Å². The molecule has 1 aliphatic carbocycles. The van der Waals surface area contributed by atoms with Crippen LogP contribution in [0.25, 0.3) is 6.08 Å². The van der Waals surface area contributed by atoms with E-state index in [1.165, 1.54) is 6.20 Å². The minimum atomic E-state index is -4.92. The number of benzene rings is 2. The zero-order valence-electron chi connectivity index (χ0n) is 19.6. The molecule has 1 aromatic heterocycles. The smallest absolute Gasteiger partial charge is 0.294 e. The number of carbonyl (C=O) groups is 1. The van der Waals surface area contributed by atoms with Crippen LogP contribution in [-0.4, -0.2) is 16.9 Å². The van der Waals surface area contributed by atoms with Crippen molar-refractivity contribution >= 4 is 58.3 Å². The number of aromatic nitrogens is 1. The summed E-state index contributed by atoms with van der Waals surface area (Å²) in [7, 11) is 0. The first-order chi connectivity index (χ1) is 18.1. The Morgan fingerprint density at radius 3 is 2.10 bits per heavy atom. The van der Waals surface area contributed by atoms with Gasteiger partial charge < -0.3 is 0 Å². The number of hydrogen-bond acceptors (Lipinski definition) is 2. The Morgan fingerprint density at radius 1 is 0.949 bits per heavy atom. The van der Waals surface area contributed by atoms with Gasteiger partial charge in [0.25, 0.3) is 0 Å². The first-order valence-corrected chi connectivity index (χ1v) is 12.9. The summed E-state index contributed by atoms with van der Waals surface area (Å²) in [6.07, 6.45) is -5.62. The Kier molecular flexibility index (Phi) is 8.35. The molecule has 0 amide bonds. The number of carbonyl (C=O) groups excluding carboxylic acids is 1. The molecule has 0 spiro atoms. The van der Waals surface area contributed by atoms with Gasteiger partial charge in [0.15, 0.2) is 5.78 Å². The summed E-state index contributed by atoms with van der Waals surface area (Å²) in [5, 5.41) is -0.278. The van der Waals surface area contributed by atoms with Crippen molar-refractivity contribution in [2.45, 2.75) is 42.9 Å². The van der Waals surface area contributed by atoms with Gasteiger partial charge >= 0.3 is 12.4 Å². The number of hydrogen-bond donors (Lipinski definition) is 0. The van der Waals surface area contributed by atoms with Gasteiger partial charge in [-0.05, 0) is 53.8 Å². The normalized spacial score (nSPS) is 15.9. The fraction of sp³-hybridized carbons (Fsp3) is 0.259. The molecule has 4 rings (SSSR count). The lowest BCUT2D eigenvalue weighted by molar-refractivity contribution is -0.139. The lowest BCUT2D eigenvalue weighted by Gasteiger charge is -2.19. The maximum absolute atomic E-state index is 14.0. The van der Waals surface area contributed by atoms with Crippen molar-refractivity contribution in [2.24, 2.45) is 0 Å². The lowest BCUT2D eigenvalue weighted by Crippen LogP contribution is -2.19. The van der Waals surface area contributed by atoms with Crippen LogP contribution >= 0.6 is 46.4 Å². The number of alkyl halides is 6. The summed E-state index contributed by atoms with van der Waals surface area (Å²) in [6, 6.07) is 8.02. The minimum Gasteiger partial charge on any atom is -0.294 e. The van der Waals surface area contributed by atoms with E-state index in [9.17, 15) is 31.1 Å². The van der Waals surface area contributed by atoms with Crippen LogP contribution < -0.4 is 0 Å². The molecule has 1 aliphatic rings. The highest BCUT2D eigenvalue weighted by Gasteiger charge is 2.47. The zero-order chi connectivity index (χ0) is 28.8. The van der Waals surface area contributed by atoms with Gasteiger partial charge in [0.2, 0.25) is 0 Å². The second-order valence-electron chi connectivity index (χ2n) is 9.23. The molecular weight excluding hydrogens is 610 g/mol. The predicted octanol–water partition coefficient (Wildman–Crippen LogP) is 10.4. The molecule has 0 bridgehead atoms. The van der Waals surface area contributed by atoms with Gasteiger partial charge in [-0.2, -0.15) is 26.3 Å². The summed E-state index contributed by atoms with van der Waals surface area (Å²) in [5.41, 5.74) is -2.24. The number of halogens is 10. The highest BCUT2D eigenvalue weighted by Crippen LogP contribution is 2.52. The van der Waals surface area contributed by atoms with Crippen LogP contribution in [-0.2, 0) is 11.6 Å². The molecule has 0 aliphatic heterocycles. The monoisotopic (exact) mass is 625 g/mol. The van der Waals surface area contributed by atoms with Gasteiger partial charge in [0, 0.05) is 23.6 Å². The van der Waals surface area contributed by atoms with E-state index in [0.717, 1.165) is 30.3 Å². The van der Waals surface area contributed by atoms with E-state index in [0.29, 0.717) is 30.5 Å². The molecule has 1 fully saturated rings. The maximum atomic E-state index is 14.0. The van der Waals surface area contributed by atoms with Crippen LogP contribution in [0.5, 0.6) is 0 Å². The Morgan fingerprint density at radius 2 is 1.59 bits per heavy atom. The summed E-state index contributed by atoms with van der Waals surface area (Å²) in [6.45, 7) is 0. The molecule has 2 nitrogen and oxygen atoms in total. The van der Waals surface area contributed by atoms with Gasteiger partial charge in [-0.1, -0.05) is 76.8 Å². The molecule has 2 aromatic carbocycles. The summed E-state index contributed by atoms with van der Waals surface area (Å²) >= 11 is 23.4. The predicted molar refractivity (Wildman–Crippen MR) is 140 cm³/mol. The molecule has 1 atom stereocenters. The second-order valence-corrected chi connectivity index (χ2v) is 10.8. The van der Waals surface area contributed by atoms with E-state index in [1.54, 1.807) is 12.1 Å². The van der Waals surface area contributed by atoms with E-state index in [4.69, 9.17) is 46.4 Å². The van der Waals surface area contributed by atoms with Crippen molar-refractivity contribution in [3.63, 3.8) is 0 Å². The van der Waals surface area contributed by atoms with Crippen LogP contribution in [0.15, 0.2) is 54.7 Å². The third kappa shape index (κ3) is 6.73. The van der Waals surface area contributed by atoms with Crippen molar-refractivity contribution in [3.05, 3.63) is 103 Å². The molecule has 12 heteroatoms. The van der Waals surface area contributed by atoms with Crippen molar-refractivity contribution in [3.8, 4) is 0 Å². The summed E-state index contributed by atoms with van der Waals surface area (Å²) in [5.74, 6) is -2.97.